The second-order valence-corrected chi connectivity index (χ2v) is 10.4. The molecule has 184 valence electrons. The van der Waals surface area contributed by atoms with E-state index >= 15 is 0 Å². The molecule has 0 atom stereocenters. The molecule has 0 saturated carbocycles. The average molecular weight is 499 g/mol. The van der Waals surface area contributed by atoms with Crippen LogP contribution in [-0.2, 0) is 0 Å². The summed E-state index contributed by atoms with van der Waals surface area (Å²) < 4.78 is 6.10. The minimum Gasteiger partial charge on any atom is -0.456 e. The number of para-hydroxylation sites is 1. The molecule has 0 bridgehead atoms. The Hall–Kier alpha value is -4.88. The van der Waals surface area contributed by atoms with Crippen LogP contribution >= 0.6 is 0 Å². The second-order valence-electron chi connectivity index (χ2n) is 10.4. The molecule has 39 heavy (non-hydrogen) atoms. The van der Waals surface area contributed by atoms with Crippen LogP contribution < -0.4 is 0 Å². The van der Waals surface area contributed by atoms with Gasteiger partial charge in [0, 0.05) is 10.8 Å². The number of fused-ring (bicyclic) bond motifs is 5. The topological polar surface area (TPSA) is 13.1 Å². The van der Waals surface area contributed by atoms with Gasteiger partial charge >= 0.3 is 0 Å². The normalized spacial score (nSPS) is 13.7. The molecular weight excluding hydrogens is 472 g/mol. The maximum atomic E-state index is 6.10. The number of benzene rings is 6. The van der Waals surface area contributed by atoms with E-state index in [2.05, 4.69) is 121 Å². The first-order chi connectivity index (χ1) is 19.3. The SMILES string of the molecule is C1=C(c2ccc3oc4ccccc4c3c2)CCC=C1c1c2ccccc2c(-c2ccccc2)c2ccccc12. The zero-order valence-corrected chi connectivity index (χ0v) is 21.5. The van der Waals surface area contributed by atoms with Gasteiger partial charge in [-0.2, -0.15) is 0 Å². The summed E-state index contributed by atoms with van der Waals surface area (Å²) in [7, 11) is 0. The minimum atomic E-state index is 0.944. The molecule has 0 aliphatic heterocycles. The summed E-state index contributed by atoms with van der Waals surface area (Å²) >= 11 is 0. The highest BCUT2D eigenvalue weighted by molar-refractivity contribution is 6.20. The van der Waals surface area contributed by atoms with E-state index < -0.39 is 0 Å². The fraction of sp³-hybridized carbons (Fsp3) is 0.0526. The van der Waals surface area contributed by atoms with Crippen molar-refractivity contribution in [2.24, 2.45) is 0 Å². The molecule has 0 N–H and O–H groups in total. The van der Waals surface area contributed by atoms with Gasteiger partial charge in [0.15, 0.2) is 0 Å². The summed E-state index contributed by atoms with van der Waals surface area (Å²) in [5, 5.41) is 7.55. The van der Waals surface area contributed by atoms with Crippen molar-refractivity contribution in [2.75, 3.05) is 0 Å². The Balaban J connectivity index is 1.35. The lowest BCUT2D eigenvalue weighted by Crippen LogP contribution is -1.97. The van der Waals surface area contributed by atoms with Crippen molar-refractivity contribution in [1.82, 2.24) is 0 Å². The standard InChI is InChI=1S/C38H26O/c1-2-11-25(12-3-1)37-30-16-4-6-18-32(30)38(33-19-7-5-17-31(33)37)28-14-10-13-26(23-28)27-21-22-36-34(24-27)29-15-8-9-20-35(29)39-36/h1-9,11-12,14-24H,10,13H2. The van der Waals surface area contributed by atoms with E-state index in [4.69, 9.17) is 4.42 Å². The molecule has 1 nitrogen and oxygen atoms in total. The molecule has 1 aliphatic carbocycles. The molecular formula is C38H26O. The molecule has 0 amide bonds. The van der Waals surface area contributed by atoms with Crippen LogP contribution in [0.3, 0.4) is 0 Å². The van der Waals surface area contributed by atoms with E-state index in [9.17, 15) is 0 Å². The van der Waals surface area contributed by atoms with E-state index in [-0.39, 0.29) is 0 Å². The van der Waals surface area contributed by atoms with Crippen LogP contribution in [0.2, 0.25) is 0 Å². The summed E-state index contributed by atoms with van der Waals surface area (Å²) in [6.07, 6.45) is 6.90. The van der Waals surface area contributed by atoms with Gasteiger partial charge in [-0.1, -0.05) is 115 Å². The van der Waals surface area contributed by atoms with Gasteiger partial charge in [-0.05, 0) is 86.0 Å². The van der Waals surface area contributed by atoms with Crippen molar-refractivity contribution in [1.29, 1.82) is 0 Å². The van der Waals surface area contributed by atoms with Crippen LogP contribution in [0.4, 0.5) is 0 Å². The van der Waals surface area contributed by atoms with Crippen LogP contribution in [0.15, 0.2) is 138 Å². The van der Waals surface area contributed by atoms with Gasteiger partial charge in [0.05, 0.1) is 0 Å². The van der Waals surface area contributed by atoms with Gasteiger partial charge in [-0.15, -0.1) is 0 Å². The number of rotatable bonds is 3. The molecule has 1 heterocycles. The summed E-state index contributed by atoms with van der Waals surface area (Å²) in [5.41, 5.74) is 9.73. The van der Waals surface area contributed by atoms with Gasteiger partial charge in [-0.25, -0.2) is 0 Å². The average Bonchev–Trinajstić information content (AvgIpc) is 3.38. The van der Waals surface area contributed by atoms with Crippen molar-refractivity contribution < 1.29 is 4.42 Å². The summed E-state index contributed by atoms with van der Waals surface area (Å²) in [6, 6.07) is 43.6. The molecule has 0 saturated heterocycles. The highest BCUT2D eigenvalue weighted by atomic mass is 16.3. The molecule has 6 aromatic carbocycles. The van der Waals surface area contributed by atoms with Gasteiger partial charge in [0.2, 0.25) is 0 Å². The molecule has 8 rings (SSSR count). The van der Waals surface area contributed by atoms with Crippen molar-refractivity contribution in [3.05, 3.63) is 145 Å². The number of hydrogen-bond acceptors (Lipinski definition) is 1. The molecule has 0 fully saturated rings. The predicted molar refractivity (Wildman–Crippen MR) is 166 cm³/mol. The van der Waals surface area contributed by atoms with Crippen molar-refractivity contribution in [2.45, 2.75) is 12.8 Å². The van der Waals surface area contributed by atoms with Crippen molar-refractivity contribution in [3.8, 4) is 11.1 Å². The molecule has 0 radical (unpaired) electrons. The lowest BCUT2D eigenvalue weighted by molar-refractivity contribution is 0.669. The lowest BCUT2D eigenvalue weighted by Gasteiger charge is -2.21. The van der Waals surface area contributed by atoms with Crippen molar-refractivity contribution >= 4 is 54.6 Å². The fourth-order valence-corrected chi connectivity index (χ4v) is 6.38. The molecule has 0 spiro atoms. The third-order valence-corrected chi connectivity index (χ3v) is 8.14. The maximum absolute atomic E-state index is 6.10. The Morgan fingerprint density at radius 1 is 0.462 bits per heavy atom. The lowest BCUT2D eigenvalue weighted by atomic mass is 9.83. The molecule has 1 aromatic heterocycles. The fourth-order valence-electron chi connectivity index (χ4n) is 6.38. The molecule has 1 aliphatic rings. The second kappa shape index (κ2) is 8.85. The first-order valence-electron chi connectivity index (χ1n) is 13.7. The Bertz CT molecular complexity index is 2050. The van der Waals surface area contributed by atoms with E-state index in [1.54, 1.807) is 0 Å². The number of allylic oxidation sites excluding steroid dienone is 4. The van der Waals surface area contributed by atoms with Crippen LogP contribution in [-0.4, -0.2) is 0 Å². The zero-order chi connectivity index (χ0) is 25.8. The Kier molecular flexibility index (Phi) is 5.03. The van der Waals surface area contributed by atoms with Crippen LogP contribution in [0.5, 0.6) is 0 Å². The minimum absolute atomic E-state index is 0.944. The number of furan rings is 1. The van der Waals surface area contributed by atoms with Gasteiger partial charge in [-0.3, -0.25) is 0 Å². The molecule has 7 aromatic rings. The van der Waals surface area contributed by atoms with Gasteiger partial charge < -0.3 is 4.42 Å². The zero-order valence-electron chi connectivity index (χ0n) is 21.5. The predicted octanol–water partition coefficient (Wildman–Crippen LogP) is 10.8. The quantitative estimate of drug-likeness (QED) is 0.221. The molecule has 1 heteroatoms. The highest BCUT2D eigenvalue weighted by Gasteiger charge is 2.19. The Morgan fingerprint density at radius 3 is 1.77 bits per heavy atom. The van der Waals surface area contributed by atoms with Crippen LogP contribution in [0, 0.1) is 0 Å². The Morgan fingerprint density at radius 2 is 1.05 bits per heavy atom. The van der Waals surface area contributed by atoms with E-state index in [0.717, 1.165) is 24.0 Å². The van der Waals surface area contributed by atoms with E-state index in [1.807, 2.05) is 12.1 Å². The summed E-state index contributed by atoms with van der Waals surface area (Å²) in [6.45, 7) is 0. The van der Waals surface area contributed by atoms with E-state index in [1.165, 1.54) is 65.7 Å². The smallest absolute Gasteiger partial charge is 0.135 e. The first-order valence-corrected chi connectivity index (χ1v) is 13.7. The summed E-state index contributed by atoms with van der Waals surface area (Å²) in [5.74, 6) is 0. The Labute approximate surface area is 227 Å². The highest BCUT2D eigenvalue weighted by Crippen LogP contribution is 2.44. The first kappa shape index (κ1) is 22.1. The third-order valence-electron chi connectivity index (χ3n) is 8.14. The van der Waals surface area contributed by atoms with Crippen LogP contribution in [0.1, 0.15) is 24.0 Å². The van der Waals surface area contributed by atoms with Gasteiger partial charge in [0.1, 0.15) is 11.2 Å². The third kappa shape index (κ3) is 3.55. The summed E-state index contributed by atoms with van der Waals surface area (Å²) in [4.78, 5) is 0. The monoisotopic (exact) mass is 498 g/mol. The molecule has 0 unspecified atom stereocenters. The van der Waals surface area contributed by atoms with Crippen molar-refractivity contribution in [3.63, 3.8) is 0 Å². The van der Waals surface area contributed by atoms with Gasteiger partial charge in [0.25, 0.3) is 0 Å². The maximum Gasteiger partial charge on any atom is 0.135 e. The van der Waals surface area contributed by atoms with Crippen LogP contribution in [0.25, 0.3) is 65.8 Å². The number of hydrogen-bond donors (Lipinski definition) is 0. The van der Waals surface area contributed by atoms with E-state index in [0.29, 0.717) is 0 Å². The largest absolute Gasteiger partial charge is 0.456 e.